The van der Waals surface area contributed by atoms with Crippen molar-refractivity contribution in [3.05, 3.63) is 17.7 Å². The summed E-state index contributed by atoms with van der Waals surface area (Å²) in [5.74, 6) is 1.59. The number of aromatic nitrogens is 3. The third-order valence-corrected chi connectivity index (χ3v) is 6.61. The zero-order chi connectivity index (χ0) is 25.4. The molecule has 0 amide bonds. The Labute approximate surface area is 207 Å². The fraction of sp³-hybridized carbons (Fsp3) is 0.652. The van der Waals surface area contributed by atoms with E-state index >= 15 is 0 Å². The van der Waals surface area contributed by atoms with Crippen molar-refractivity contribution in [3.63, 3.8) is 0 Å². The van der Waals surface area contributed by atoms with E-state index in [1.807, 2.05) is 19.9 Å². The number of benzene rings is 1. The lowest BCUT2D eigenvalue weighted by molar-refractivity contribution is 0.0368. The molecule has 11 nitrogen and oxygen atoms in total. The van der Waals surface area contributed by atoms with Crippen LogP contribution in [0.3, 0.4) is 0 Å². The summed E-state index contributed by atoms with van der Waals surface area (Å²) in [5, 5.41) is 8.27. The lowest BCUT2D eigenvalue weighted by atomic mass is 9.98. The van der Waals surface area contributed by atoms with Crippen molar-refractivity contribution in [1.82, 2.24) is 19.7 Å². The normalized spacial score (nSPS) is 15.0. The number of hydrogen-bond donors (Lipinski definition) is 0. The van der Waals surface area contributed by atoms with Crippen LogP contribution in [0.25, 0.3) is 11.4 Å². The van der Waals surface area contributed by atoms with Gasteiger partial charge >= 0.3 is 0 Å². The van der Waals surface area contributed by atoms with Gasteiger partial charge < -0.3 is 23.7 Å². The average molecular weight is 513 g/mol. The predicted octanol–water partition coefficient (Wildman–Crippen LogP) is 2.16. The highest BCUT2D eigenvalue weighted by Gasteiger charge is 2.25. The molecule has 0 atom stereocenters. The highest BCUT2D eigenvalue weighted by Crippen LogP contribution is 2.39. The van der Waals surface area contributed by atoms with Crippen LogP contribution in [0, 0.1) is 0 Å². The molecule has 0 bridgehead atoms. The number of methoxy groups -OCH3 is 2. The Morgan fingerprint density at radius 1 is 1.00 bits per heavy atom. The van der Waals surface area contributed by atoms with Gasteiger partial charge in [0, 0.05) is 52.7 Å². The first kappa shape index (κ1) is 27.3. The number of sulfone groups is 1. The Kier molecular flexibility index (Phi) is 9.87. The molecular formula is C23H36N4O7S. The molecule has 2 heterocycles. The van der Waals surface area contributed by atoms with E-state index in [4.69, 9.17) is 23.7 Å². The molecule has 2 aromatic rings. The summed E-state index contributed by atoms with van der Waals surface area (Å²) in [6.45, 7) is 8.58. The van der Waals surface area contributed by atoms with Gasteiger partial charge in [-0.05, 0) is 24.0 Å². The minimum atomic E-state index is -3.60. The fourth-order valence-electron chi connectivity index (χ4n) is 3.93. The zero-order valence-corrected chi connectivity index (χ0v) is 22.0. The topological polar surface area (TPSA) is 114 Å². The van der Waals surface area contributed by atoms with Crippen molar-refractivity contribution >= 4 is 9.84 Å². The van der Waals surface area contributed by atoms with Crippen molar-refractivity contribution in [1.29, 1.82) is 0 Å². The first-order valence-electron chi connectivity index (χ1n) is 11.6. The number of nitrogens with zero attached hydrogens (tertiary/aromatic N) is 4. The van der Waals surface area contributed by atoms with Crippen molar-refractivity contribution in [2.24, 2.45) is 0 Å². The fourth-order valence-corrected chi connectivity index (χ4v) is 4.70. The first-order valence-corrected chi connectivity index (χ1v) is 13.5. The van der Waals surface area contributed by atoms with E-state index in [0.717, 1.165) is 37.9 Å². The molecule has 1 saturated heterocycles. The van der Waals surface area contributed by atoms with Gasteiger partial charge in [0.05, 0.1) is 18.8 Å². The van der Waals surface area contributed by atoms with E-state index in [2.05, 4.69) is 15.1 Å². The highest BCUT2D eigenvalue weighted by atomic mass is 32.2. The third kappa shape index (κ3) is 7.14. The maximum Gasteiger partial charge on any atom is 0.249 e. The van der Waals surface area contributed by atoms with Crippen LogP contribution in [0.2, 0.25) is 0 Å². The molecule has 1 aliphatic rings. The van der Waals surface area contributed by atoms with Crippen molar-refractivity contribution in [2.45, 2.75) is 37.9 Å². The molecule has 1 aromatic carbocycles. The number of hydrogen-bond acceptors (Lipinski definition) is 10. The third-order valence-electron chi connectivity index (χ3n) is 5.65. The summed E-state index contributed by atoms with van der Waals surface area (Å²) in [6.07, 6.45) is 1.87. The molecule has 35 heavy (non-hydrogen) atoms. The molecule has 0 saturated carbocycles. The standard InChI is InChI=1S/C23H36N4O7S/c1-17(2)18-13-19(21(34-16-31-4)14-20(18)33-15-30-3)22-24-25-23(35(5,28)29)27(22)8-6-7-26-9-11-32-12-10-26/h13-14,17H,6-12,15-16H2,1-5H3. The van der Waals surface area contributed by atoms with E-state index in [0.29, 0.717) is 42.6 Å². The SMILES string of the molecule is COCOc1cc(OCOC)c(C(C)C)cc1-c1nnc(S(C)(=O)=O)n1CCCN1CCOCC1. The van der Waals surface area contributed by atoms with Crippen LogP contribution in [0.15, 0.2) is 17.3 Å². The summed E-state index contributed by atoms with van der Waals surface area (Å²) in [6, 6.07) is 3.67. The van der Waals surface area contributed by atoms with Crippen LogP contribution in [0.1, 0.15) is 31.7 Å². The van der Waals surface area contributed by atoms with E-state index in [1.165, 1.54) is 7.11 Å². The molecule has 0 spiro atoms. The van der Waals surface area contributed by atoms with Crippen LogP contribution in [0.5, 0.6) is 11.5 Å². The number of rotatable bonds is 13. The van der Waals surface area contributed by atoms with E-state index in [-0.39, 0.29) is 24.7 Å². The Balaban J connectivity index is 2.03. The zero-order valence-electron chi connectivity index (χ0n) is 21.2. The van der Waals surface area contributed by atoms with Gasteiger partial charge in [0.2, 0.25) is 15.0 Å². The van der Waals surface area contributed by atoms with Gasteiger partial charge in [0.15, 0.2) is 19.4 Å². The van der Waals surface area contributed by atoms with Crippen LogP contribution >= 0.6 is 0 Å². The molecular weight excluding hydrogens is 476 g/mol. The maximum atomic E-state index is 12.5. The lowest BCUT2D eigenvalue weighted by Crippen LogP contribution is -2.37. The van der Waals surface area contributed by atoms with Gasteiger partial charge in [-0.3, -0.25) is 9.47 Å². The Morgan fingerprint density at radius 2 is 1.66 bits per heavy atom. The Bertz CT molecular complexity index is 1070. The summed E-state index contributed by atoms with van der Waals surface area (Å²) in [5.41, 5.74) is 1.52. The molecule has 1 aliphatic heterocycles. The molecule has 12 heteroatoms. The second-order valence-electron chi connectivity index (χ2n) is 8.68. The van der Waals surface area contributed by atoms with Gasteiger partial charge in [-0.2, -0.15) is 0 Å². The molecule has 1 fully saturated rings. The molecule has 0 radical (unpaired) electrons. The number of ether oxygens (including phenoxy) is 5. The molecule has 1 aromatic heterocycles. The van der Waals surface area contributed by atoms with Crippen molar-refractivity contribution in [2.75, 3.05) is 66.9 Å². The van der Waals surface area contributed by atoms with Crippen LogP contribution in [-0.2, 0) is 30.6 Å². The van der Waals surface area contributed by atoms with Gasteiger partial charge in [-0.25, -0.2) is 8.42 Å². The molecule has 196 valence electrons. The van der Waals surface area contributed by atoms with E-state index in [9.17, 15) is 8.42 Å². The van der Waals surface area contributed by atoms with Crippen LogP contribution in [-0.4, -0.2) is 95.0 Å². The summed E-state index contributed by atoms with van der Waals surface area (Å²) in [4.78, 5) is 2.31. The minimum Gasteiger partial charge on any atom is -0.467 e. The van der Waals surface area contributed by atoms with Gasteiger partial charge in [0.1, 0.15) is 11.5 Å². The van der Waals surface area contributed by atoms with Crippen LogP contribution < -0.4 is 9.47 Å². The Hall–Kier alpha value is -2.25. The van der Waals surface area contributed by atoms with Crippen molar-refractivity contribution < 1.29 is 32.1 Å². The van der Waals surface area contributed by atoms with E-state index in [1.54, 1.807) is 17.7 Å². The summed E-state index contributed by atoms with van der Waals surface area (Å²) >= 11 is 0. The van der Waals surface area contributed by atoms with Gasteiger partial charge in [0.25, 0.3) is 0 Å². The second kappa shape index (κ2) is 12.6. The first-order chi connectivity index (χ1) is 16.8. The Morgan fingerprint density at radius 3 is 2.26 bits per heavy atom. The van der Waals surface area contributed by atoms with Gasteiger partial charge in [-0.15, -0.1) is 10.2 Å². The average Bonchev–Trinajstić information content (AvgIpc) is 3.26. The lowest BCUT2D eigenvalue weighted by Gasteiger charge is -2.26. The largest absolute Gasteiger partial charge is 0.467 e. The molecule has 3 rings (SSSR count). The minimum absolute atomic E-state index is 0.00183. The van der Waals surface area contributed by atoms with Crippen molar-refractivity contribution in [3.8, 4) is 22.9 Å². The van der Waals surface area contributed by atoms with Gasteiger partial charge in [-0.1, -0.05) is 13.8 Å². The second-order valence-corrected chi connectivity index (χ2v) is 10.6. The number of morpholine rings is 1. The molecule has 0 unspecified atom stereocenters. The summed E-state index contributed by atoms with van der Waals surface area (Å²) in [7, 11) is -0.522. The molecule has 0 aliphatic carbocycles. The predicted molar refractivity (Wildman–Crippen MR) is 130 cm³/mol. The van der Waals surface area contributed by atoms with Crippen LogP contribution in [0.4, 0.5) is 0 Å². The monoisotopic (exact) mass is 512 g/mol. The maximum absolute atomic E-state index is 12.5. The highest BCUT2D eigenvalue weighted by molar-refractivity contribution is 7.90. The molecule has 0 N–H and O–H groups in total. The van der Waals surface area contributed by atoms with E-state index < -0.39 is 9.84 Å². The smallest absolute Gasteiger partial charge is 0.249 e. The summed E-state index contributed by atoms with van der Waals surface area (Å²) < 4.78 is 54.0. The quantitative estimate of drug-likeness (QED) is 0.370.